The molecule has 0 saturated carbocycles. The molecule has 3 aromatic carbocycles. The van der Waals surface area contributed by atoms with E-state index in [4.69, 9.17) is 4.74 Å². The maximum absolute atomic E-state index is 13.0. The molecule has 0 spiro atoms. The van der Waals surface area contributed by atoms with E-state index in [2.05, 4.69) is 0 Å². The van der Waals surface area contributed by atoms with E-state index in [-0.39, 0.29) is 11.3 Å². The minimum Gasteiger partial charge on any atom is -0.507 e. The van der Waals surface area contributed by atoms with Gasteiger partial charge >= 0.3 is 0 Å². The van der Waals surface area contributed by atoms with Gasteiger partial charge < -0.3 is 9.84 Å². The quantitative estimate of drug-likeness (QED) is 0.383. The summed E-state index contributed by atoms with van der Waals surface area (Å²) in [5, 5.41) is 11.0. The van der Waals surface area contributed by atoms with E-state index in [0.29, 0.717) is 23.6 Å². The van der Waals surface area contributed by atoms with Crippen molar-refractivity contribution in [3.63, 3.8) is 0 Å². The van der Waals surface area contributed by atoms with Crippen molar-refractivity contribution in [2.75, 3.05) is 11.5 Å². The Morgan fingerprint density at radius 3 is 2.10 bits per heavy atom. The van der Waals surface area contributed by atoms with E-state index in [1.165, 1.54) is 4.90 Å². The molecule has 5 nitrogen and oxygen atoms in total. The minimum atomic E-state index is -0.732. The maximum Gasteiger partial charge on any atom is 0.300 e. The van der Waals surface area contributed by atoms with Crippen molar-refractivity contribution >= 4 is 23.1 Å². The van der Waals surface area contributed by atoms with Crippen molar-refractivity contribution in [3.8, 4) is 5.75 Å². The van der Waals surface area contributed by atoms with Crippen LogP contribution in [0.4, 0.5) is 5.69 Å². The van der Waals surface area contributed by atoms with Gasteiger partial charge in [0.25, 0.3) is 11.7 Å². The van der Waals surface area contributed by atoms with Crippen LogP contribution in [0.2, 0.25) is 0 Å². The molecule has 5 heteroatoms. The normalized spacial score (nSPS) is 17.9. The standard InChI is InChI=1S/C25H21NO4/c1-2-30-20-15-13-19(14-16-20)26-22(17-9-5-3-6-10-17)21(24(28)25(26)29)23(27)18-11-7-4-8-12-18/h3-16,22,27H,2H2,1H3/b23-21+/t22-/m0/s1. The Bertz CT molecular complexity index is 1090. The second-order valence-corrected chi connectivity index (χ2v) is 6.87. The van der Waals surface area contributed by atoms with Crippen molar-refractivity contribution in [1.82, 2.24) is 0 Å². The van der Waals surface area contributed by atoms with Gasteiger partial charge in [-0.1, -0.05) is 60.7 Å². The molecule has 1 heterocycles. The highest BCUT2D eigenvalue weighted by atomic mass is 16.5. The van der Waals surface area contributed by atoms with Crippen LogP contribution in [0.3, 0.4) is 0 Å². The molecule has 0 unspecified atom stereocenters. The molecule has 1 aliphatic rings. The van der Waals surface area contributed by atoms with Gasteiger partial charge in [-0.05, 0) is 36.8 Å². The fraction of sp³-hybridized carbons (Fsp3) is 0.120. The number of nitrogens with zero attached hydrogens (tertiary/aromatic N) is 1. The van der Waals surface area contributed by atoms with Crippen molar-refractivity contribution < 1.29 is 19.4 Å². The largest absolute Gasteiger partial charge is 0.507 e. The second-order valence-electron chi connectivity index (χ2n) is 6.87. The van der Waals surface area contributed by atoms with Crippen LogP contribution in [-0.4, -0.2) is 23.4 Å². The second kappa shape index (κ2) is 8.25. The highest BCUT2D eigenvalue weighted by Gasteiger charge is 2.46. The van der Waals surface area contributed by atoms with Crippen LogP contribution in [0.1, 0.15) is 24.1 Å². The number of carbonyl (C=O) groups is 2. The molecule has 0 aliphatic carbocycles. The van der Waals surface area contributed by atoms with Crippen LogP contribution in [-0.2, 0) is 9.59 Å². The zero-order valence-corrected chi connectivity index (χ0v) is 16.5. The van der Waals surface area contributed by atoms with Crippen LogP contribution in [0, 0.1) is 0 Å². The first-order valence-electron chi connectivity index (χ1n) is 9.76. The molecule has 0 radical (unpaired) electrons. The van der Waals surface area contributed by atoms with E-state index >= 15 is 0 Å². The molecule has 30 heavy (non-hydrogen) atoms. The predicted molar refractivity (Wildman–Crippen MR) is 115 cm³/mol. The molecular weight excluding hydrogens is 378 g/mol. The fourth-order valence-electron chi connectivity index (χ4n) is 3.67. The lowest BCUT2D eigenvalue weighted by atomic mass is 9.95. The Morgan fingerprint density at radius 2 is 1.50 bits per heavy atom. The third kappa shape index (κ3) is 3.46. The van der Waals surface area contributed by atoms with Crippen LogP contribution in [0.5, 0.6) is 5.75 Å². The monoisotopic (exact) mass is 399 g/mol. The summed E-state index contributed by atoms with van der Waals surface area (Å²) in [7, 11) is 0. The number of hydrogen-bond acceptors (Lipinski definition) is 4. The summed E-state index contributed by atoms with van der Waals surface area (Å²) in [6, 6.07) is 24.3. The summed E-state index contributed by atoms with van der Waals surface area (Å²) in [5.74, 6) is -0.890. The highest BCUT2D eigenvalue weighted by molar-refractivity contribution is 6.51. The zero-order chi connectivity index (χ0) is 21.1. The van der Waals surface area contributed by atoms with Crippen molar-refractivity contribution in [3.05, 3.63) is 102 Å². The smallest absolute Gasteiger partial charge is 0.300 e. The van der Waals surface area contributed by atoms with Gasteiger partial charge in [0.05, 0.1) is 18.2 Å². The maximum atomic E-state index is 13.0. The first kappa shape index (κ1) is 19.5. The molecule has 0 bridgehead atoms. The van der Waals surface area contributed by atoms with Gasteiger partial charge in [-0.2, -0.15) is 0 Å². The Hall–Kier alpha value is -3.86. The summed E-state index contributed by atoms with van der Waals surface area (Å²) < 4.78 is 5.48. The Balaban J connectivity index is 1.87. The van der Waals surface area contributed by atoms with E-state index in [1.807, 2.05) is 43.3 Å². The number of anilines is 1. The number of aliphatic hydroxyl groups excluding tert-OH is 1. The molecule has 1 amide bonds. The molecule has 1 aliphatic heterocycles. The van der Waals surface area contributed by atoms with Crippen molar-refractivity contribution in [2.45, 2.75) is 13.0 Å². The SMILES string of the molecule is CCOc1ccc(N2C(=O)C(=O)/C(=C(/O)c3ccccc3)[C@@H]2c2ccccc2)cc1. The third-order valence-electron chi connectivity index (χ3n) is 5.03. The third-order valence-corrected chi connectivity index (χ3v) is 5.03. The Morgan fingerprint density at radius 1 is 0.900 bits per heavy atom. The Labute approximate surface area is 174 Å². The molecule has 3 aromatic rings. The molecule has 4 rings (SSSR count). The first-order valence-corrected chi connectivity index (χ1v) is 9.76. The van der Waals surface area contributed by atoms with E-state index in [9.17, 15) is 14.7 Å². The van der Waals surface area contributed by atoms with Gasteiger partial charge in [-0.3, -0.25) is 14.5 Å². The lowest BCUT2D eigenvalue weighted by molar-refractivity contribution is -0.132. The molecule has 1 N–H and O–H groups in total. The summed E-state index contributed by atoms with van der Waals surface area (Å²) in [4.78, 5) is 27.5. The zero-order valence-electron chi connectivity index (χ0n) is 16.5. The minimum absolute atomic E-state index is 0.0753. The number of rotatable bonds is 5. The number of amides is 1. The van der Waals surface area contributed by atoms with Gasteiger partial charge in [0.1, 0.15) is 11.5 Å². The number of benzene rings is 3. The van der Waals surface area contributed by atoms with E-state index < -0.39 is 17.7 Å². The Kier molecular flexibility index (Phi) is 5.35. The van der Waals surface area contributed by atoms with Crippen LogP contribution in [0.15, 0.2) is 90.5 Å². The molecular formula is C25H21NO4. The van der Waals surface area contributed by atoms with Gasteiger partial charge in [-0.25, -0.2) is 0 Å². The van der Waals surface area contributed by atoms with Crippen molar-refractivity contribution in [1.29, 1.82) is 0 Å². The number of hydrogen-bond donors (Lipinski definition) is 1. The van der Waals surface area contributed by atoms with Crippen LogP contribution < -0.4 is 9.64 Å². The first-order chi connectivity index (χ1) is 14.6. The number of Topliss-reactive ketones (excluding diaryl/α,β-unsaturated/α-hetero) is 1. The molecule has 1 atom stereocenters. The van der Waals surface area contributed by atoms with Gasteiger partial charge in [0.15, 0.2) is 0 Å². The predicted octanol–water partition coefficient (Wildman–Crippen LogP) is 4.71. The molecule has 1 fully saturated rings. The lowest BCUT2D eigenvalue weighted by Crippen LogP contribution is -2.29. The molecule has 150 valence electrons. The fourth-order valence-corrected chi connectivity index (χ4v) is 3.67. The van der Waals surface area contributed by atoms with Crippen LogP contribution >= 0.6 is 0 Å². The van der Waals surface area contributed by atoms with Gasteiger partial charge in [0.2, 0.25) is 0 Å². The average molecular weight is 399 g/mol. The van der Waals surface area contributed by atoms with E-state index in [0.717, 1.165) is 5.56 Å². The van der Waals surface area contributed by atoms with Gasteiger partial charge in [0, 0.05) is 11.3 Å². The van der Waals surface area contributed by atoms with Crippen molar-refractivity contribution in [2.24, 2.45) is 0 Å². The molecule has 1 saturated heterocycles. The lowest BCUT2D eigenvalue weighted by Gasteiger charge is -2.25. The average Bonchev–Trinajstić information content (AvgIpc) is 3.06. The number of aliphatic hydroxyl groups is 1. The number of ether oxygens (including phenoxy) is 1. The number of ketones is 1. The summed E-state index contributed by atoms with van der Waals surface area (Å²) in [6.07, 6.45) is 0. The molecule has 0 aromatic heterocycles. The van der Waals surface area contributed by atoms with Gasteiger partial charge in [-0.15, -0.1) is 0 Å². The number of carbonyl (C=O) groups excluding carboxylic acids is 2. The summed E-state index contributed by atoms with van der Waals surface area (Å²) in [5.41, 5.74) is 1.86. The van der Waals surface area contributed by atoms with Crippen LogP contribution in [0.25, 0.3) is 5.76 Å². The summed E-state index contributed by atoms with van der Waals surface area (Å²) >= 11 is 0. The topological polar surface area (TPSA) is 66.8 Å². The highest BCUT2D eigenvalue weighted by Crippen LogP contribution is 2.42. The van der Waals surface area contributed by atoms with E-state index in [1.54, 1.807) is 48.5 Å². The summed E-state index contributed by atoms with van der Waals surface area (Å²) in [6.45, 7) is 2.43.